The molecule has 1 atom stereocenters. The average molecular weight is 393 g/mol. The largest absolute Gasteiger partial charge is 0.489 e. The second-order valence-electron chi connectivity index (χ2n) is 5.44. The number of aliphatic hydroxyl groups is 1. The van der Waals surface area contributed by atoms with Gasteiger partial charge in [-0.15, -0.1) is 0 Å². The molecule has 1 N–H and O–H groups in total. The average Bonchev–Trinajstić information content (AvgIpc) is 2.62. The van der Waals surface area contributed by atoms with Crippen LogP contribution in [0.15, 0.2) is 54.6 Å². The van der Waals surface area contributed by atoms with Gasteiger partial charge in [0, 0.05) is 6.42 Å². The van der Waals surface area contributed by atoms with Crippen molar-refractivity contribution in [2.24, 2.45) is 0 Å². The molecule has 0 aliphatic rings. The molecule has 0 radical (unpaired) electrons. The zero-order valence-electron chi connectivity index (χ0n) is 13.6. The summed E-state index contributed by atoms with van der Waals surface area (Å²) in [4.78, 5) is 12.0. The molecule has 0 saturated carbocycles. The van der Waals surface area contributed by atoms with Crippen LogP contribution in [-0.2, 0) is 22.6 Å². The number of alkyl halides is 1. The first-order chi connectivity index (χ1) is 11.6. The number of aliphatic hydroxyl groups excluding tert-OH is 1. The lowest BCUT2D eigenvalue weighted by molar-refractivity contribution is -0.146. The summed E-state index contributed by atoms with van der Waals surface area (Å²) in [6, 6.07) is 17.4. The number of halogens is 1. The molecular formula is C19H21BrO4. The smallest absolute Gasteiger partial charge is 0.325 e. The van der Waals surface area contributed by atoms with Crippen LogP contribution in [0.3, 0.4) is 0 Å². The lowest BCUT2D eigenvalue weighted by Gasteiger charge is -2.23. The molecule has 0 spiro atoms. The SMILES string of the molecule is CCOC(=O)[C@](Br)(CO)Cc1ccc(OCc2ccccc2)cc1. The van der Waals surface area contributed by atoms with Crippen LogP contribution in [0.2, 0.25) is 0 Å². The first-order valence-electron chi connectivity index (χ1n) is 7.80. The molecule has 2 rings (SSSR count). The van der Waals surface area contributed by atoms with Gasteiger partial charge in [0.1, 0.15) is 16.7 Å². The van der Waals surface area contributed by atoms with E-state index < -0.39 is 10.3 Å². The number of rotatable bonds is 8. The highest BCUT2D eigenvalue weighted by molar-refractivity contribution is 9.10. The molecule has 0 aromatic heterocycles. The summed E-state index contributed by atoms with van der Waals surface area (Å²) >= 11 is 3.31. The number of ether oxygens (including phenoxy) is 2. The highest BCUT2D eigenvalue weighted by Gasteiger charge is 2.36. The molecule has 0 aliphatic heterocycles. The molecule has 5 heteroatoms. The van der Waals surface area contributed by atoms with Gasteiger partial charge in [-0.1, -0.05) is 58.4 Å². The normalized spacial score (nSPS) is 13.1. The third-order valence-electron chi connectivity index (χ3n) is 3.55. The fourth-order valence-electron chi connectivity index (χ4n) is 2.22. The Kier molecular flexibility index (Phi) is 6.82. The van der Waals surface area contributed by atoms with Crippen LogP contribution >= 0.6 is 15.9 Å². The van der Waals surface area contributed by atoms with Gasteiger partial charge in [-0.2, -0.15) is 0 Å². The standard InChI is InChI=1S/C19H21BrO4/c1-2-23-18(22)19(20,14-21)12-15-8-10-17(11-9-15)24-13-16-6-4-3-5-7-16/h3-11,21H,2,12-14H2,1H3/t19-/m1/s1. The van der Waals surface area contributed by atoms with Crippen molar-refractivity contribution in [3.8, 4) is 5.75 Å². The lowest BCUT2D eigenvalue weighted by atomic mass is 10.00. The van der Waals surface area contributed by atoms with Gasteiger partial charge in [-0.25, -0.2) is 0 Å². The molecule has 4 nitrogen and oxygen atoms in total. The summed E-state index contributed by atoms with van der Waals surface area (Å²) in [5.41, 5.74) is 2.00. The predicted molar refractivity (Wildman–Crippen MR) is 96.3 cm³/mol. The fraction of sp³-hybridized carbons (Fsp3) is 0.316. The molecule has 0 saturated heterocycles. The first-order valence-corrected chi connectivity index (χ1v) is 8.59. The van der Waals surface area contributed by atoms with Crippen molar-refractivity contribution >= 4 is 21.9 Å². The Balaban J connectivity index is 1.97. The second-order valence-corrected chi connectivity index (χ2v) is 6.96. The van der Waals surface area contributed by atoms with E-state index in [1.54, 1.807) is 6.92 Å². The summed E-state index contributed by atoms with van der Waals surface area (Å²) < 4.78 is 9.63. The van der Waals surface area contributed by atoms with E-state index in [0.29, 0.717) is 13.0 Å². The minimum absolute atomic E-state index is 0.276. The van der Waals surface area contributed by atoms with Crippen LogP contribution in [-0.4, -0.2) is 28.6 Å². The monoisotopic (exact) mass is 392 g/mol. The van der Waals surface area contributed by atoms with Gasteiger partial charge in [0.25, 0.3) is 0 Å². The maximum atomic E-state index is 12.0. The Bertz CT molecular complexity index is 642. The van der Waals surface area contributed by atoms with Gasteiger partial charge < -0.3 is 14.6 Å². The first kappa shape index (κ1) is 18.5. The van der Waals surface area contributed by atoms with Crippen molar-refractivity contribution in [2.75, 3.05) is 13.2 Å². The summed E-state index contributed by atoms with van der Waals surface area (Å²) in [5.74, 6) is 0.291. The Labute approximate surface area is 150 Å². The third-order valence-corrected chi connectivity index (χ3v) is 4.40. The predicted octanol–water partition coefficient (Wildman–Crippen LogP) is 3.50. The van der Waals surface area contributed by atoms with E-state index in [9.17, 15) is 9.90 Å². The molecular weight excluding hydrogens is 372 g/mol. The molecule has 0 bridgehead atoms. The van der Waals surface area contributed by atoms with E-state index in [1.165, 1.54) is 0 Å². The van der Waals surface area contributed by atoms with Crippen LogP contribution in [0.4, 0.5) is 0 Å². The van der Waals surface area contributed by atoms with Crippen molar-refractivity contribution in [2.45, 2.75) is 24.3 Å². The Hall–Kier alpha value is -1.85. The Morgan fingerprint density at radius 1 is 1.08 bits per heavy atom. The zero-order chi connectivity index (χ0) is 17.4. The van der Waals surface area contributed by atoms with Crippen LogP contribution in [0, 0.1) is 0 Å². The summed E-state index contributed by atoms with van der Waals surface area (Å²) in [7, 11) is 0. The maximum absolute atomic E-state index is 12.0. The van der Waals surface area contributed by atoms with E-state index in [2.05, 4.69) is 15.9 Å². The highest BCUT2D eigenvalue weighted by atomic mass is 79.9. The number of benzene rings is 2. The van der Waals surface area contributed by atoms with Crippen molar-refractivity contribution in [3.05, 3.63) is 65.7 Å². The lowest BCUT2D eigenvalue weighted by Crippen LogP contribution is -2.39. The summed E-state index contributed by atoms with van der Waals surface area (Å²) in [6.07, 6.45) is 0.335. The van der Waals surface area contributed by atoms with Crippen molar-refractivity contribution in [1.29, 1.82) is 0 Å². The van der Waals surface area contributed by atoms with Crippen LogP contribution in [0.25, 0.3) is 0 Å². The topological polar surface area (TPSA) is 55.8 Å². The highest BCUT2D eigenvalue weighted by Crippen LogP contribution is 2.26. The summed E-state index contributed by atoms with van der Waals surface area (Å²) in [6.45, 7) is 2.18. The molecule has 0 fully saturated rings. The minimum atomic E-state index is -1.12. The van der Waals surface area contributed by atoms with Gasteiger partial charge in [0.2, 0.25) is 0 Å². The Morgan fingerprint density at radius 3 is 2.33 bits per heavy atom. The fourth-order valence-corrected chi connectivity index (χ4v) is 2.66. The number of esters is 1. The van der Waals surface area contributed by atoms with Gasteiger partial charge in [0.05, 0.1) is 13.2 Å². The summed E-state index contributed by atoms with van der Waals surface area (Å²) in [5, 5.41) is 9.54. The quantitative estimate of drug-likeness (QED) is 0.551. The number of carbonyl (C=O) groups excluding carboxylic acids is 1. The molecule has 2 aromatic carbocycles. The molecule has 0 unspecified atom stereocenters. The van der Waals surface area contributed by atoms with Crippen molar-refractivity contribution in [3.63, 3.8) is 0 Å². The molecule has 0 amide bonds. The van der Waals surface area contributed by atoms with Crippen molar-refractivity contribution < 1.29 is 19.4 Å². The van der Waals surface area contributed by atoms with E-state index in [-0.39, 0.29) is 13.2 Å². The van der Waals surface area contributed by atoms with Crippen LogP contribution < -0.4 is 4.74 Å². The van der Waals surface area contributed by atoms with Gasteiger partial charge >= 0.3 is 5.97 Å². The Morgan fingerprint density at radius 2 is 1.75 bits per heavy atom. The van der Waals surface area contributed by atoms with Crippen LogP contribution in [0.5, 0.6) is 5.75 Å². The van der Waals surface area contributed by atoms with Gasteiger partial charge in [0.15, 0.2) is 0 Å². The number of hydrogen-bond donors (Lipinski definition) is 1. The van der Waals surface area contributed by atoms with Crippen molar-refractivity contribution in [1.82, 2.24) is 0 Å². The van der Waals surface area contributed by atoms with E-state index in [0.717, 1.165) is 16.9 Å². The van der Waals surface area contributed by atoms with E-state index >= 15 is 0 Å². The minimum Gasteiger partial charge on any atom is -0.489 e. The molecule has 2 aromatic rings. The number of hydrogen-bond acceptors (Lipinski definition) is 4. The second kappa shape index (κ2) is 8.85. The number of carbonyl (C=O) groups is 1. The van der Waals surface area contributed by atoms with Crippen LogP contribution in [0.1, 0.15) is 18.1 Å². The maximum Gasteiger partial charge on any atom is 0.325 e. The van der Waals surface area contributed by atoms with E-state index in [4.69, 9.17) is 9.47 Å². The molecule has 0 aliphatic carbocycles. The molecule has 0 heterocycles. The zero-order valence-corrected chi connectivity index (χ0v) is 15.2. The van der Waals surface area contributed by atoms with Gasteiger partial charge in [-0.3, -0.25) is 4.79 Å². The van der Waals surface area contributed by atoms with E-state index in [1.807, 2.05) is 54.6 Å². The van der Waals surface area contributed by atoms with Gasteiger partial charge in [-0.05, 0) is 30.2 Å². The molecule has 128 valence electrons. The molecule has 24 heavy (non-hydrogen) atoms. The third kappa shape index (κ3) is 5.08.